The van der Waals surface area contributed by atoms with Gasteiger partial charge in [-0.2, -0.15) is 57.1 Å². The minimum absolute atomic E-state index is 0.361. The molecule has 1 saturated heterocycles. The van der Waals surface area contributed by atoms with Gasteiger partial charge in [0.15, 0.2) is 0 Å². The molecule has 0 saturated carbocycles. The lowest BCUT2D eigenvalue weighted by molar-refractivity contribution is -0.444. The van der Waals surface area contributed by atoms with Gasteiger partial charge in [0.2, 0.25) is 6.10 Å². The number of hydrogen-bond acceptors (Lipinski definition) is 3. The first-order valence-electron chi connectivity index (χ1n) is 5.99. The summed E-state index contributed by atoms with van der Waals surface area (Å²) in [5, 5.41) is 0. The second kappa shape index (κ2) is 5.68. The molecule has 1 fully saturated rings. The molecule has 2 atom stereocenters. The van der Waals surface area contributed by atoms with Crippen molar-refractivity contribution < 1.29 is 71.3 Å². The smallest absolute Gasteiger partial charge is 0.427 e. The van der Waals surface area contributed by atoms with E-state index in [1.165, 1.54) is 0 Å². The summed E-state index contributed by atoms with van der Waals surface area (Å²) in [7, 11) is 0. The van der Waals surface area contributed by atoms with Gasteiger partial charge in [0.05, 0.1) is 0 Å². The molecular formula is C10H5F13O3. The molecule has 154 valence electrons. The van der Waals surface area contributed by atoms with Gasteiger partial charge in [0, 0.05) is 0 Å². The Bertz CT molecular complexity index is 567. The Kier molecular flexibility index (Phi) is 4.89. The third-order valence-corrected chi connectivity index (χ3v) is 3.25. The fraction of sp³-hybridized carbons (Fsp3) is 0.900. The van der Waals surface area contributed by atoms with Crippen molar-refractivity contribution in [1.29, 1.82) is 0 Å². The number of rotatable bonds is 5. The van der Waals surface area contributed by atoms with E-state index in [9.17, 15) is 61.9 Å². The molecule has 0 amide bonds. The van der Waals surface area contributed by atoms with E-state index in [0.29, 0.717) is 6.92 Å². The van der Waals surface area contributed by atoms with Crippen LogP contribution in [0.2, 0.25) is 0 Å². The summed E-state index contributed by atoms with van der Waals surface area (Å²) in [6.07, 6.45) is -15.7. The lowest BCUT2D eigenvalue weighted by Crippen LogP contribution is -2.72. The number of ether oxygens (including phenoxy) is 2. The van der Waals surface area contributed by atoms with Crippen LogP contribution < -0.4 is 0 Å². The molecule has 16 heteroatoms. The zero-order valence-electron chi connectivity index (χ0n) is 11.8. The standard InChI is InChI=1S/C10H5F13O3/c1-2-3(26-4(24)25-2)5(11,12)6(13,14)7(15,16)8(17,18)9(19,20)10(21,22)23/h2-3H,1H3. The molecule has 3 nitrogen and oxygen atoms in total. The zero-order chi connectivity index (χ0) is 21.1. The van der Waals surface area contributed by atoms with Crippen molar-refractivity contribution in [3.63, 3.8) is 0 Å². The molecule has 0 bridgehead atoms. The van der Waals surface area contributed by atoms with Crippen molar-refractivity contribution in [3.05, 3.63) is 0 Å². The molecule has 0 aromatic carbocycles. The molecular weight excluding hydrogens is 415 g/mol. The Balaban J connectivity index is 3.46. The summed E-state index contributed by atoms with van der Waals surface area (Å²) in [5.41, 5.74) is 0. The molecule has 0 N–H and O–H groups in total. The van der Waals surface area contributed by atoms with Crippen LogP contribution in [-0.4, -0.2) is 54.2 Å². The van der Waals surface area contributed by atoms with Crippen molar-refractivity contribution in [2.75, 3.05) is 0 Å². The van der Waals surface area contributed by atoms with Crippen LogP contribution >= 0.6 is 0 Å². The maximum Gasteiger partial charge on any atom is 0.509 e. The first kappa shape index (κ1) is 22.4. The van der Waals surface area contributed by atoms with Gasteiger partial charge in [0.25, 0.3) is 0 Å². The van der Waals surface area contributed by atoms with E-state index < -0.39 is 54.2 Å². The van der Waals surface area contributed by atoms with Crippen LogP contribution in [-0.2, 0) is 9.47 Å². The van der Waals surface area contributed by atoms with Crippen LogP contribution in [0.25, 0.3) is 0 Å². The second-order valence-corrected chi connectivity index (χ2v) is 5.03. The number of hydrogen-bond donors (Lipinski definition) is 0. The Morgan fingerprint density at radius 3 is 1.35 bits per heavy atom. The monoisotopic (exact) mass is 420 g/mol. The first-order valence-corrected chi connectivity index (χ1v) is 5.99. The number of halogens is 13. The molecule has 26 heavy (non-hydrogen) atoms. The van der Waals surface area contributed by atoms with Gasteiger partial charge in [-0.3, -0.25) is 0 Å². The quantitative estimate of drug-likeness (QED) is 0.480. The predicted molar refractivity (Wildman–Crippen MR) is 51.6 cm³/mol. The Morgan fingerprint density at radius 1 is 0.654 bits per heavy atom. The molecule has 1 aliphatic heterocycles. The van der Waals surface area contributed by atoms with E-state index in [2.05, 4.69) is 9.47 Å². The SMILES string of the molecule is CC1OC(=O)OC1C(F)(F)C(F)(F)C(F)(F)C(F)(F)C(F)(F)C(F)(F)F. The third-order valence-electron chi connectivity index (χ3n) is 3.25. The van der Waals surface area contributed by atoms with Gasteiger partial charge in [-0.1, -0.05) is 0 Å². The molecule has 0 aliphatic carbocycles. The fourth-order valence-corrected chi connectivity index (χ4v) is 1.77. The molecule has 2 unspecified atom stereocenters. The highest BCUT2D eigenvalue weighted by Crippen LogP contribution is 2.61. The summed E-state index contributed by atoms with van der Waals surface area (Å²) < 4.78 is 174. The van der Waals surface area contributed by atoms with Gasteiger partial charge in [-0.25, -0.2) is 4.79 Å². The van der Waals surface area contributed by atoms with E-state index >= 15 is 0 Å². The van der Waals surface area contributed by atoms with Gasteiger partial charge in [-0.15, -0.1) is 0 Å². The maximum absolute atomic E-state index is 13.6. The number of carbonyl (C=O) groups is 1. The number of carbonyl (C=O) groups excluding carboxylic acids is 1. The fourth-order valence-electron chi connectivity index (χ4n) is 1.77. The average molecular weight is 420 g/mol. The summed E-state index contributed by atoms with van der Waals surface area (Å²) in [6, 6.07) is 0. The van der Waals surface area contributed by atoms with E-state index in [4.69, 9.17) is 0 Å². The first-order chi connectivity index (χ1) is 11.2. The van der Waals surface area contributed by atoms with Crippen LogP contribution in [0, 0.1) is 0 Å². The van der Waals surface area contributed by atoms with Crippen LogP contribution in [0.1, 0.15) is 6.92 Å². The highest BCUT2D eigenvalue weighted by Gasteiger charge is 2.92. The maximum atomic E-state index is 13.6. The molecule has 0 aromatic rings. The lowest BCUT2D eigenvalue weighted by atomic mass is 9.90. The Labute approximate surface area is 134 Å². The predicted octanol–water partition coefficient (Wildman–Crippen LogP) is 4.65. The topological polar surface area (TPSA) is 35.5 Å². The number of alkyl halides is 13. The van der Waals surface area contributed by atoms with Crippen LogP contribution in [0.3, 0.4) is 0 Å². The highest BCUT2D eigenvalue weighted by atomic mass is 19.4. The van der Waals surface area contributed by atoms with Crippen LogP contribution in [0.4, 0.5) is 61.9 Å². The minimum Gasteiger partial charge on any atom is -0.427 e. The van der Waals surface area contributed by atoms with E-state index in [1.54, 1.807) is 0 Å². The molecule has 0 radical (unpaired) electrons. The van der Waals surface area contributed by atoms with Gasteiger partial charge in [-0.05, 0) is 6.92 Å². The second-order valence-electron chi connectivity index (χ2n) is 5.03. The molecule has 1 heterocycles. The highest BCUT2D eigenvalue weighted by molar-refractivity contribution is 5.62. The summed E-state index contributed by atoms with van der Waals surface area (Å²) in [4.78, 5) is 10.5. The summed E-state index contributed by atoms with van der Waals surface area (Å²) in [6.45, 7) is 0.361. The Hall–Kier alpha value is -1.64. The third kappa shape index (κ3) is 2.71. The van der Waals surface area contributed by atoms with Crippen LogP contribution in [0.5, 0.6) is 0 Å². The van der Waals surface area contributed by atoms with E-state index in [0.717, 1.165) is 0 Å². The zero-order valence-corrected chi connectivity index (χ0v) is 11.8. The number of cyclic esters (lactones) is 2. The minimum atomic E-state index is -8.00. The van der Waals surface area contributed by atoms with E-state index in [1.807, 2.05) is 0 Å². The van der Waals surface area contributed by atoms with Crippen LogP contribution in [0.15, 0.2) is 0 Å². The summed E-state index contributed by atoms with van der Waals surface area (Å²) in [5.74, 6) is -37.8. The van der Waals surface area contributed by atoms with Crippen molar-refractivity contribution in [2.24, 2.45) is 0 Å². The normalized spacial score (nSPS) is 23.7. The summed E-state index contributed by atoms with van der Waals surface area (Å²) >= 11 is 0. The van der Waals surface area contributed by atoms with Crippen molar-refractivity contribution >= 4 is 6.16 Å². The van der Waals surface area contributed by atoms with Crippen molar-refractivity contribution in [2.45, 2.75) is 54.9 Å². The Morgan fingerprint density at radius 2 is 1.04 bits per heavy atom. The lowest BCUT2D eigenvalue weighted by Gasteiger charge is -2.40. The largest absolute Gasteiger partial charge is 0.509 e. The average Bonchev–Trinajstić information content (AvgIpc) is 2.76. The molecule has 0 aromatic heterocycles. The molecule has 1 aliphatic rings. The van der Waals surface area contributed by atoms with Gasteiger partial charge < -0.3 is 9.47 Å². The molecule has 1 rings (SSSR count). The van der Waals surface area contributed by atoms with Crippen molar-refractivity contribution in [1.82, 2.24) is 0 Å². The van der Waals surface area contributed by atoms with Crippen molar-refractivity contribution in [3.8, 4) is 0 Å². The van der Waals surface area contributed by atoms with Gasteiger partial charge in [0.1, 0.15) is 6.10 Å². The molecule has 0 spiro atoms. The van der Waals surface area contributed by atoms with E-state index in [-0.39, 0.29) is 0 Å². The van der Waals surface area contributed by atoms with Gasteiger partial charge >= 0.3 is 41.9 Å².